The molecule has 0 aromatic heterocycles. The maximum absolute atomic E-state index is 14.0. The molecule has 2 aliphatic rings. The van der Waals surface area contributed by atoms with Crippen LogP contribution in [-0.2, 0) is 0 Å². The summed E-state index contributed by atoms with van der Waals surface area (Å²) in [6.45, 7) is 3.93. The number of hydrogen-bond donors (Lipinski definition) is 3. The van der Waals surface area contributed by atoms with Gasteiger partial charge in [-0.15, -0.1) is 5.53 Å². The fourth-order valence-corrected chi connectivity index (χ4v) is 2.80. The Morgan fingerprint density at radius 3 is 2.89 bits per heavy atom. The number of rotatable bonds is 3. The van der Waals surface area contributed by atoms with Gasteiger partial charge in [0.1, 0.15) is 10.7 Å². The highest BCUT2D eigenvalue weighted by molar-refractivity contribution is 6.34. The van der Waals surface area contributed by atoms with E-state index in [1.54, 1.807) is 11.1 Å². The third-order valence-corrected chi connectivity index (χ3v) is 4.11. The van der Waals surface area contributed by atoms with Gasteiger partial charge in [-0.2, -0.15) is 0 Å². The first-order valence-corrected chi connectivity index (χ1v) is 6.58. The minimum absolute atomic E-state index is 0.0350. The molecule has 0 amide bonds. The lowest BCUT2D eigenvalue weighted by molar-refractivity contribution is -0.0266. The molecule has 4 nitrogen and oxygen atoms in total. The van der Waals surface area contributed by atoms with Crippen molar-refractivity contribution in [2.75, 3.05) is 17.0 Å². The van der Waals surface area contributed by atoms with Crippen LogP contribution in [0, 0.1) is 5.82 Å². The standard InChI is InChI=1S/C13H15ClFN3O/c1-2-8-6-9-12(10(14)11(8)15)18(17-16-9)7-13(19)4-3-5-13/h2,6,16-17,19H,1,3-5,7H2. The first-order valence-electron chi connectivity index (χ1n) is 6.20. The Hall–Kier alpha value is -1.30. The molecule has 0 spiro atoms. The molecule has 1 fully saturated rings. The van der Waals surface area contributed by atoms with Crippen LogP contribution in [0.1, 0.15) is 24.8 Å². The highest BCUT2D eigenvalue weighted by atomic mass is 35.5. The number of nitrogens with one attached hydrogen (secondary N) is 2. The molecule has 19 heavy (non-hydrogen) atoms. The van der Waals surface area contributed by atoms with E-state index in [1.807, 2.05) is 0 Å². The number of β-amino-alcohol motifs (C(OH)–C–C–N with tert-alkyl or cyclic N) is 1. The van der Waals surface area contributed by atoms with Crippen molar-refractivity contribution < 1.29 is 9.50 Å². The van der Waals surface area contributed by atoms with Crippen molar-refractivity contribution in [1.29, 1.82) is 0 Å². The zero-order valence-corrected chi connectivity index (χ0v) is 11.1. The monoisotopic (exact) mass is 283 g/mol. The highest BCUT2D eigenvalue weighted by Gasteiger charge is 2.39. The normalized spacial score (nSPS) is 19.6. The van der Waals surface area contributed by atoms with Gasteiger partial charge in [-0.3, -0.25) is 5.01 Å². The van der Waals surface area contributed by atoms with Crippen LogP contribution >= 0.6 is 11.6 Å². The summed E-state index contributed by atoms with van der Waals surface area (Å²) in [5.74, 6) is -0.494. The van der Waals surface area contributed by atoms with E-state index in [-0.39, 0.29) is 5.02 Å². The Balaban J connectivity index is 1.95. The van der Waals surface area contributed by atoms with Gasteiger partial charge in [0.2, 0.25) is 0 Å². The fraction of sp³-hybridized carbons (Fsp3) is 0.385. The van der Waals surface area contributed by atoms with E-state index < -0.39 is 11.4 Å². The summed E-state index contributed by atoms with van der Waals surface area (Å²) in [5.41, 5.74) is 6.68. The van der Waals surface area contributed by atoms with E-state index in [0.29, 0.717) is 23.5 Å². The van der Waals surface area contributed by atoms with Gasteiger partial charge >= 0.3 is 0 Å². The van der Waals surface area contributed by atoms with E-state index in [2.05, 4.69) is 17.5 Å². The zero-order valence-electron chi connectivity index (χ0n) is 10.3. The molecular weight excluding hydrogens is 269 g/mol. The summed E-state index contributed by atoms with van der Waals surface area (Å²) >= 11 is 6.08. The second-order valence-corrected chi connectivity index (χ2v) is 5.47. The van der Waals surface area contributed by atoms with Crippen molar-refractivity contribution in [3.8, 4) is 0 Å². The summed E-state index contributed by atoms with van der Waals surface area (Å²) < 4.78 is 14.0. The number of hydrogen-bond acceptors (Lipinski definition) is 4. The van der Waals surface area contributed by atoms with Crippen molar-refractivity contribution in [3.05, 3.63) is 29.0 Å². The summed E-state index contributed by atoms with van der Waals surface area (Å²) in [5, 5.41) is 11.9. The lowest BCUT2D eigenvalue weighted by Crippen LogP contribution is -2.51. The van der Waals surface area contributed by atoms with Gasteiger partial charge in [-0.1, -0.05) is 24.3 Å². The molecule has 1 aliphatic heterocycles. The van der Waals surface area contributed by atoms with Crippen molar-refractivity contribution in [1.82, 2.24) is 5.53 Å². The number of hydrazine groups is 2. The largest absolute Gasteiger partial charge is 0.388 e. The second-order valence-electron chi connectivity index (χ2n) is 5.09. The first-order chi connectivity index (χ1) is 9.04. The molecule has 1 heterocycles. The molecule has 1 aliphatic carbocycles. The van der Waals surface area contributed by atoms with Gasteiger partial charge in [0, 0.05) is 5.56 Å². The van der Waals surface area contributed by atoms with Crippen LogP contribution in [0.2, 0.25) is 5.02 Å². The molecule has 102 valence electrons. The molecule has 0 radical (unpaired) electrons. The van der Waals surface area contributed by atoms with Crippen molar-refractivity contribution in [2.24, 2.45) is 0 Å². The van der Waals surface area contributed by atoms with Crippen LogP contribution < -0.4 is 16.0 Å². The van der Waals surface area contributed by atoms with Crippen LogP contribution in [0.5, 0.6) is 0 Å². The second kappa shape index (κ2) is 4.37. The minimum atomic E-state index is -0.715. The van der Waals surface area contributed by atoms with E-state index in [0.717, 1.165) is 19.3 Å². The van der Waals surface area contributed by atoms with Gasteiger partial charge in [-0.05, 0) is 25.3 Å². The quantitative estimate of drug-likeness (QED) is 0.798. The molecule has 0 unspecified atom stereocenters. The van der Waals surface area contributed by atoms with Crippen molar-refractivity contribution >= 4 is 29.1 Å². The van der Waals surface area contributed by atoms with Crippen molar-refractivity contribution in [2.45, 2.75) is 24.9 Å². The third-order valence-electron chi connectivity index (χ3n) is 3.76. The van der Waals surface area contributed by atoms with Gasteiger partial charge in [0.25, 0.3) is 0 Å². The van der Waals surface area contributed by atoms with Crippen LogP contribution in [0.4, 0.5) is 15.8 Å². The SMILES string of the molecule is C=Cc1cc2c(c(Cl)c1F)N(CC1(O)CCC1)NN2. The Kier molecular flexibility index (Phi) is 2.92. The van der Waals surface area contributed by atoms with Gasteiger partial charge in [0.15, 0.2) is 5.82 Å². The maximum atomic E-state index is 14.0. The summed E-state index contributed by atoms with van der Waals surface area (Å²) in [6.07, 6.45) is 3.95. The summed E-state index contributed by atoms with van der Waals surface area (Å²) in [6, 6.07) is 1.64. The predicted molar refractivity (Wildman–Crippen MR) is 74.4 cm³/mol. The molecule has 0 bridgehead atoms. The Labute approximate surface area is 115 Å². The van der Waals surface area contributed by atoms with Crippen LogP contribution in [0.15, 0.2) is 12.6 Å². The summed E-state index contributed by atoms with van der Waals surface area (Å²) in [7, 11) is 0. The number of aliphatic hydroxyl groups is 1. The average Bonchev–Trinajstić information content (AvgIpc) is 2.74. The Bertz CT molecular complexity index is 545. The number of benzene rings is 1. The minimum Gasteiger partial charge on any atom is -0.388 e. The van der Waals surface area contributed by atoms with E-state index in [4.69, 9.17) is 11.6 Å². The topological polar surface area (TPSA) is 47.5 Å². The predicted octanol–water partition coefficient (Wildman–Crippen LogP) is 2.69. The number of fused-ring (bicyclic) bond motifs is 1. The fourth-order valence-electron chi connectivity index (χ4n) is 2.48. The highest BCUT2D eigenvalue weighted by Crippen LogP contribution is 2.42. The molecule has 6 heteroatoms. The number of anilines is 2. The molecule has 1 aromatic rings. The lowest BCUT2D eigenvalue weighted by Gasteiger charge is -2.39. The molecule has 3 N–H and O–H groups in total. The van der Waals surface area contributed by atoms with E-state index in [9.17, 15) is 9.50 Å². The first kappa shape index (κ1) is 12.7. The number of halogens is 2. The Morgan fingerprint density at radius 2 is 2.32 bits per heavy atom. The van der Waals surface area contributed by atoms with Gasteiger partial charge in [0.05, 0.1) is 17.8 Å². The molecule has 0 saturated heterocycles. The van der Waals surface area contributed by atoms with Gasteiger partial charge in [-0.25, -0.2) is 4.39 Å². The van der Waals surface area contributed by atoms with E-state index in [1.165, 1.54) is 6.08 Å². The van der Waals surface area contributed by atoms with E-state index >= 15 is 0 Å². The van der Waals surface area contributed by atoms with Gasteiger partial charge < -0.3 is 10.5 Å². The molecule has 0 atom stereocenters. The average molecular weight is 284 g/mol. The number of nitrogens with zero attached hydrogens (tertiary/aromatic N) is 1. The molecular formula is C13H15ClFN3O. The molecule has 1 aromatic carbocycles. The van der Waals surface area contributed by atoms with Crippen molar-refractivity contribution in [3.63, 3.8) is 0 Å². The van der Waals surface area contributed by atoms with Crippen LogP contribution in [-0.4, -0.2) is 17.3 Å². The van der Waals surface area contributed by atoms with Crippen LogP contribution in [0.3, 0.4) is 0 Å². The molecule has 1 saturated carbocycles. The zero-order chi connectivity index (χ0) is 13.6. The lowest BCUT2D eigenvalue weighted by atomic mass is 9.80. The smallest absolute Gasteiger partial charge is 0.151 e. The third kappa shape index (κ3) is 1.98. The summed E-state index contributed by atoms with van der Waals surface area (Å²) in [4.78, 5) is 0. The maximum Gasteiger partial charge on any atom is 0.151 e. The molecule has 3 rings (SSSR count). The Morgan fingerprint density at radius 1 is 1.58 bits per heavy atom. The van der Waals surface area contributed by atoms with Crippen LogP contribution in [0.25, 0.3) is 6.08 Å².